The third kappa shape index (κ3) is 2.98. The summed E-state index contributed by atoms with van der Waals surface area (Å²) in [6, 6.07) is 11.4. The van der Waals surface area contributed by atoms with Gasteiger partial charge in [0.1, 0.15) is 0 Å². The molecule has 2 aromatic heterocycles. The van der Waals surface area contributed by atoms with Crippen molar-refractivity contribution < 1.29 is 0 Å². The first-order valence-corrected chi connectivity index (χ1v) is 7.18. The molecule has 0 spiro atoms. The minimum absolute atomic E-state index is 0.242. The Morgan fingerprint density at radius 1 is 0.560 bits per heavy atom. The van der Waals surface area contributed by atoms with E-state index in [0.29, 0.717) is 21.8 Å². The molecule has 0 radical (unpaired) electrons. The van der Waals surface area contributed by atoms with E-state index in [1.165, 1.54) is 0 Å². The second-order valence-electron chi connectivity index (χ2n) is 5.13. The molecule has 9 nitrogen and oxygen atoms in total. The van der Waals surface area contributed by atoms with Gasteiger partial charge in [0, 0.05) is 5.69 Å². The smallest absolute Gasteiger partial charge is 0.272 e. The highest BCUT2D eigenvalue weighted by Gasteiger charge is 2.04. The number of nitrogens with one attached hydrogen (secondary N) is 4. The number of nitrogens with two attached hydrogens (primary N) is 1. The van der Waals surface area contributed by atoms with Crippen molar-refractivity contribution in [3.8, 4) is 0 Å². The molecule has 0 saturated carbocycles. The lowest BCUT2D eigenvalue weighted by Gasteiger charge is -1.97. The predicted molar refractivity (Wildman–Crippen MR) is 94.8 cm³/mol. The number of anilines is 1. The summed E-state index contributed by atoms with van der Waals surface area (Å²) in [6.07, 6.45) is 0. The summed E-state index contributed by atoms with van der Waals surface area (Å²) in [7, 11) is 0. The van der Waals surface area contributed by atoms with Crippen molar-refractivity contribution in [2.24, 2.45) is 0 Å². The Bertz CT molecular complexity index is 1250. The van der Waals surface area contributed by atoms with E-state index in [4.69, 9.17) is 5.73 Å². The van der Waals surface area contributed by atoms with Gasteiger partial charge >= 0.3 is 0 Å². The third-order valence-corrected chi connectivity index (χ3v) is 3.56. The van der Waals surface area contributed by atoms with Crippen LogP contribution in [0.5, 0.6) is 0 Å². The van der Waals surface area contributed by atoms with E-state index in [9.17, 15) is 19.2 Å². The maximum absolute atomic E-state index is 11.2. The Morgan fingerprint density at radius 3 is 1.52 bits per heavy atom. The van der Waals surface area contributed by atoms with Crippen molar-refractivity contribution in [3.63, 3.8) is 0 Å². The Kier molecular flexibility index (Phi) is 4.04. The van der Waals surface area contributed by atoms with Crippen LogP contribution in [0.2, 0.25) is 0 Å². The first-order chi connectivity index (χ1) is 12.0. The summed E-state index contributed by atoms with van der Waals surface area (Å²) < 4.78 is 0. The molecule has 9 heteroatoms. The third-order valence-electron chi connectivity index (χ3n) is 3.56. The van der Waals surface area contributed by atoms with Crippen molar-refractivity contribution >= 4 is 27.2 Å². The van der Waals surface area contributed by atoms with Gasteiger partial charge in [-0.25, -0.2) is 0 Å². The molecule has 0 amide bonds. The number of H-pyrrole nitrogens is 4. The van der Waals surface area contributed by atoms with Crippen LogP contribution in [0.1, 0.15) is 0 Å². The molecule has 0 aliphatic carbocycles. The van der Waals surface area contributed by atoms with Crippen molar-refractivity contribution in [2.75, 3.05) is 5.73 Å². The molecule has 0 saturated heterocycles. The van der Waals surface area contributed by atoms with Crippen LogP contribution in [0, 0.1) is 0 Å². The van der Waals surface area contributed by atoms with Crippen LogP contribution in [0.3, 0.4) is 0 Å². The second-order valence-corrected chi connectivity index (χ2v) is 5.13. The van der Waals surface area contributed by atoms with E-state index in [1.54, 1.807) is 42.5 Å². The van der Waals surface area contributed by atoms with Gasteiger partial charge in [-0.3, -0.25) is 39.6 Å². The number of nitrogen functional groups attached to an aromatic ring is 1. The first-order valence-electron chi connectivity index (χ1n) is 7.18. The Hall–Kier alpha value is -3.88. The van der Waals surface area contributed by atoms with Crippen LogP contribution in [0.15, 0.2) is 61.6 Å². The zero-order valence-electron chi connectivity index (χ0n) is 12.8. The monoisotopic (exact) mass is 339 g/mol. The molecule has 2 aromatic carbocycles. The number of aromatic nitrogens is 4. The topological polar surface area (TPSA) is 157 Å². The normalized spacial score (nSPS) is 10.4. The average molecular weight is 339 g/mol. The number of hydrogen-bond donors (Lipinski definition) is 5. The maximum Gasteiger partial charge on any atom is 0.272 e. The van der Waals surface area contributed by atoms with Gasteiger partial charge in [-0.1, -0.05) is 18.2 Å². The fourth-order valence-electron chi connectivity index (χ4n) is 2.38. The van der Waals surface area contributed by atoms with E-state index < -0.39 is 0 Å². The second kappa shape index (κ2) is 6.32. The lowest BCUT2D eigenvalue weighted by atomic mass is 10.2. The molecule has 4 aromatic rings. The van der Waals surface area contributed by atoms with Crippen molar-refractivity contribution in [2.45, 2.75) is 0 Å². The van der Waals surface area contributed by atoms with Gasteiger partial charge in [-0.15, -0.1) is 0 Å². The minimum atomic E-state index is -0.382. The fraction of sp³-hybridized carbons (Fsp3) is 0. The van der Waals surface area contributed by atoms with Gasteiger partial charge in [-0.2, -0.15) is 0 Å². The van der Waals surface area contributed by atoms with Crippen LogP contribution >= 0.6 is 0 Å². The number of hydrogen-bond acceptors (Lipinski definition) is 5. The fourth-order valence-corrected chi connectivity index (χ4v) is 2.38. The van der Waals surface area contributed by atoms with Crippen molar-refractivity contribution in [3.05, 3.63) is 83.9 Å². The van der Waals surface area contributed by atoms with Gasteiger partial charge in [0.15, 0.2) is 0 Å². The number of aromatic amines is 4. The van der Waals surface area contributed by atoms with Crippen LogP contribution in [0.4, 0.5) is 5.69 Å². The highest BCUT2D eigenvalue weighted by molar-refractivity contribution is 5.91. The summed E-state index contributed by atoms with van der Waals surface area (Å²) >= 11 is 0. The van der Waals surface area contributed by atoms with Crippen LogP contribution in [0.25, 0.3) is 21.5 Å². The molecule has 0 unspecified atom stereocenters. The molecule has 6 N–H and O–H groups in total. The Labute approximate surface area is 138 Å². The number of rotatable bonds is 0. The molecule has 0 aliphatic rings. The van der Waals surface area contributed by atoms with E-state index in [2.05, 4.69) is 20.4 Å². The molecule has 126 valence electrons. The summed E-state index contributed by atoms with van der Waals surface area (Å²) in [5, 5.41) is 10.3. The zero-order chi connectivity index (χ0) is 18.0. The summed E-state index contributed by atoms with van der Waals surface area (Å²) in [6.45, 7) is 0. The largest absolute Gasteiger partial charge is 0.398 e. The van der Waals surface area contributed by atoms with E-state index >= 15 is 0 Å². The summed E-state index contributed by atoms with van der Waals surface area (Å²) in [5.74, 6) is 0. The molecule has 4 rings (SSSR count). The van der Waals surface area contributed by atoms with E-state index in [1.807, 2.05) is 0 Å². The van der Waals surface area contributed by atoms with Gasteiger partial charge in [0.25, 0.3) is 22.2 Å². The van der Waals surface area contributed by atoms with Gasteiger partial charge in [0.2, 0.25) is 0 Å². The van der Waals surface area contributed by atoms with Crippen molar-refractivity contribution in [1.29, 1.82) is 0 Å². The molecule has 0 aliphatic heterocycles. The van der Waals surface area contributed by atoms with Crippen molar-refractivity contribution in [1.82, 2.24) is 20.4 Å². The molecule has 0 atom stereocenters. The molecule has 2 heterocycles. The van der Waals surface area contributed by atoms with Crippen LogP contribution in [-0.2, 0) is 0 Å². The maximum atomic E-state index is 11.2. The summed E-state index contributed by atoms with van der Waals surface area (Å²) in [4.78, 5) is 44.7. The average Bonchev–Trinajstić information content (AvgIpc) is 2.62. The molecular formula is C16H13N5O4. The lowest BCUT2D eigenvalue weighted by molar-refractivity contribution is 0.976. The number of fused-ring (bicyclic) bond motifs is 2. The first kappa shape index (κ1) is 16.0. The Balaban J connectivity index is 0.000000146. The highest BCUT2D eigenvalue weighted by atomic mass is 16.2. The molecule has 0 fully saturated rings. The quantitative estimate of drug-likeness (QED) is 0.285. The van der Waals surface area contributed by atoms with E-state index in [-0.39, 0.29) is 27.6 Å². The van der Waals surface area contributed by atoms with E-state index in [0.717, 1.165) is 0 Å². The minimum Gasteiger partial charge on any atom is -0.398 e. The highest BCUT2D eigenvalue weighted by Crippen LogP contribution is 2.11. The molecular weight excluding hydrogens is 326 g/mol. The SMILES string of the molecule is Nc1cccc2c(=O)[nH][nH]c(=O)c12.O=c1[nH][nH]c(=O)c2ccccc12. The lowest BCUT2D eigenvalue weighted by Crippen LogP contribution is -2.19. The number of benzene rings is 2. The van der Waals surface area contributed by atoms with Crippen LogP contribution in [-0.4, -0.2) is 20.4 Å². The molecule has 0 bridgehead atoms. The van der Waals surface area contributed by atoms with Gasteiger partial charge in [-0.05, 0) is 24.3 Å². The Morgan fingerprint density at radius 2 is 1.00 bits per heavy atom. The van der Waals surface area contributed by atoms with Crippen LogP contribution < -0.4 is 28.0 Å². The van der Waals surface area contributed by atoms with Gasteiger partial charge in [0.05, 0.1) is 21.5 Å². The van der Waals surface area contributed by atoms with Gasteiger partial charge < -0.3 is 5.73 Å². The zero-order valence-corrected chi connectivity index (χ0v) is 12.8. The predicted octanol–water partition coefficient (Wildman–Crippen LogP) is 0.0150. The summed E-state index contributed by atoms with van der Waals surface area (Å²) in [5.41, 5.74) is 4.59. The molecule has 25 heavy (non-hydrogen) atoms. The standard InChI is InChI=1S/C8H7N3O2.C8H6N2O2/c9-5-3-1-2-4-6(5)8(13)11-10-7(4)12;11-7-5-3-1-2-4-6(5)8(12)10-9-7/h1-3H,9H2,(H,10,12)(H,11,13);1-4H,(H,9,11)(H,10,12).